The lowest BCUT2D eigenvalue weighted by molar-refractivity contribution is -0.111. The van der Waals surface area contributed by atoms with Crippen molar-refractivity contribution in [1.82, 2.24) is 19.8 Å². The highest BCUT2D eigenvalue weighted by atomic mass is 16.5. The number of rotatable bonds is 4. The van der Waals surface area contributed by atoms with Gasteiger partial charge in [-0.1, -0.05) is 30.3 Å². The molecule has 2 aromatic heterocycles. The van der Waals surface area contributed by atoms with Gasteiger partial charge in [-0.3, -0.25) is 4.79 Å². The fourth-order valence-corrected chi connectivity index (χ4v) is 2.85. The number of nitrogens with one attached hydrogen (secondary N) is 1. The van der Waals surface area contributed by atoms with E-state index >= 15 is 0 Å². The predicted octanol–water partition coefficient (Wildman–Crippen LogP) is 3.25. The van der Waals surface area contributed by atoms with Gasteiger partial charge in [-0.2, -0.15) is 9.61 Å². The van der Waals surface area contributed by atoms with Crippen LogP contribution in [0.15, 0.2) is 54.7 Å². The second-order valence-electron chi connectivity index (χ2n) is 6.05. The standard InChI is InChI=1S/C20H17N5O2/c1-13-7-8-17(27-2)16(11-13)22-19(26)10-9-18-23-24-20-15-6-4-3-5-14(15)12-21-25(18)20/h3-12H,1-2H3,(H,22,26). The Hall–Kier alpha value is -3.74. The van der Waals surface area contributed by atoms with Crippen molar-refractivity contribution < 1.29 is 9.53 Å². The fourth-order valence-electron chi connectivity index (χ4n) is 2.85. The SMILES string of the molecule is COc1ccc(C)cc1NC(=O)C=Cc1nnc2c3ccccc3cnn12. The molecule has 0 unspecified atom stereocenters. The number of carbonyl (C=O) groups is 1. The molecule has 7 nitrogen and oxygen atoms in total. The molecule has 2 aromatic carbocycles. The number of hydrogen-bond acceptors (Lipinski definition) is 5. The van der Waals surface area contributed by atoms with E-state index in [1.54, 1.807) is 23.9 Å². The van der Waals surface area contributed by atoms with Gasteiger partial charge in [0.15, 0.2) is 11.5 Å². The summed E-state index contributed by atoms with van der Waals surface area (Å²) in [4.78, 5) is 12.3. The van der Waals surface area contributed by atoms with Gasteiger partial charge in [-0.25, -0.2) is 0 Å². The Labute approximate surface area is 155 Å². The summed E-state index contributed by atoms with van der Waals surface area (Å²) < 4.78 is 6.89. The Balaban J connectivity index is 1.60. The minimum atomic E-state index is -0.295. The van der Waals surface area contributed by atoms with E-state index in [1.807, 2.05) is 49.4 Å². The first-order valence-electron chi connectivity index (χ1n) is 8.38. The van der Waals surface area contributed by atoms with Gasteiger partial charge in [0.1, 0.15) is 5.75 Å². The van der Waals surface area contributed by atoms with E-state index in [9.17, 15) is 4.79 Å². The average Bonchev–Trinajstić information content (AvgIpc) is 3.10. The van der Waals surface area contributed by atoms with Crippen LogP contribution in [0.1, 0.15) is 11.4 Å². The number of carbonyl (C=O) groups excluding carboxylic acids is 1. The Morgan fingerprint density at radius 1 is 1.19 bits per heavy atom. The summed E-state index contributed by atoms with van der Waals surface area (Å²) in [5, 5.41) is 17.4. The van der Waals surface area contributed by atoms with Crippen LogP contribution in [0.2, 0.25) is 0 Å². The first-order chi connectivity index (χ1) is 13.2. The van der Waals surface area contributed by atoms with E-state index in [1.165, 1.54) is 6.08 Å². The largest absolute Gasteiger partial charge is 0.495 e. The van der Waals surface area contributed by atoms with E-state index in [-0.39, 0.29) is 5.91 Å². The van der Waals surface area contributed by atoms with Gasteiger partial charge >= 0.3 is 0 Å². The normalized spacial score (nSPS) is 11.3. The van der Waals surface area contributed by atoms with Gasteiger partial charge in [0.25, 0.3) is 0 Å². The van der Waals surface area contributed by atoms with Crippen LogP contribution in [0, 0.1) is 6.92 Å². The number of nitrogens with zero attached hydrogens (tertiary/aromatic N) is 4. The molecule has 0 radical (unpaired) electrons. The number of fused-ring (bicyclic) bond motifs is 3. The van der Waals surface area contributed by atoms with Gasteiger partial charge in [-0.15, -0.1) is 10.2 Å². The van der Waals surface area contributed by atoms with Crippen LogP contribution in [-0.4, -0.2) is 32.8 Å². The molecule has 0 fully saturated rings. The Morgan fingerprint density at radius 3 is 2.89 bits per heavy atom. The van der Waals surface area contributed by atoms with E-state index in [0.29, 0.717) is 22.9 Å². The van der Waals surface area contributed by atoms with E-state index in [4.69, 9.17) is 4.74 Å². The second-order valence-corrected chi connectivity index (χ2v) is 6.05. The van der Waals surface area contributed by atoms with Crippen LogP contribution in [0.4, 0.5) is 5.69 Å². The molecule has 27 heavy (non-hydrogen) atoms. The number of amides is 1. The highest BCUT2D eigenvalue weighted by Gasteiger charge is 2.09. The van der Waals surface area contributed by atoms with Gasteiger partial charge in [0, 0.05) is 16.8 Å². The number of benzene rings is 2. The molecule has 0 aliphatic heterocycles. The smallest absolute Gasteiger partial charge is 0.248 e. The van der Waals surface area contributed by atoms with Crippen LogP contribution < -0.4 is 10.1 Å². The molecule has 0 spiro atoms. The maximum Gasteiger partial charge on any atom is 0.248 e. The van der Waals surface area contributed by atoms with Gasteiger partial charge < -0.3 is 10.1 Å². The Kier molecular flexibility index (Phi) is 4.25. The Morgan fingerprint density at radius 2 is 2.04 bits per heavy atom. The zero-order chi connectivity index (χ0) is 18.8. The van der Waals surface area contributed by atoms with E-state index in [2.05, 4.69) is 20.6 Å². The summed E-state index contributed by atoms with van der Waals surface area (Å²) in [5.74, 6) is 0.780. The number of aryl methyl sites for hydroxylation is 1. The van der Waals surface area contributed by atoms with Crippen molar-refractivity contribution in [3.63, 3.8) is 0 Å². The molecular weight excluding hydrogens is 342 g/mol. The van der Waals surface area contributed by atoms with Crippen LogP contribution in [0.3, 0.4) is 0 Å². The average molecular weight is 359 g/mol. The molecule has 1 N–H and O–H groups in total. The lowest BCUT2D eigenvalue weighted by Crippen LogP contribution is -2.09. The maximum absolute atomic E-state index is 12.3. The lowest BCUT2D eigenvalue weighted by atomic mass is 10.2. The third-order valence-corrected chi connectivity index (χ3v) is 4.18. The van der Waals surface area contributed by atoms with Gasteiger partial charge in [0.2, 0.25) is 5.91 Å². The van der Waals surface area contributed by atoms with Crippen molar-refractivity contribution in [2.24, 2.45) is 0 Å². The number of aromatic nitrogens is 4. The summed E-state index contributed by atoms with van der Waals surface area (Å²) >= 11 is 0. The molecule has 4 rings (SSSR count). The van der Waals surface area contributed by atoms with Crippen molar-refractivity contribution in [3.05, 3.63) is 66.1 Å². The zero-order valence-corrected chi connectivity index (χ0v) is 14.9. The molecule has 0 atom stereocenters. The molecule has 0 saturated heterocycles. The monoisotopic (exact) mass is 359 g/mol. The summed E-state index contributed by atoms with van der Waals surface area (Å²) in [6.07, 6.45) is 4.73. The molecular formula is C20H17N5O2. The molecule has 2 heterocycles. The summed E-state index contributed by atoms with van der Waals surface area (Å²) in [7, 11) is 1.56. The quantitative estimate of drug-likeness (QED) is 0.566. The molecule has 0 aliphatic rings. The summed E-state index contributed by atoms with van der Waals surface area (Å²) in [6.45, 7) is 1.95. The van der Waals surface area contributed by atoms with Crippen molar-refractivity contribution >= 4 is 34.1 Å². The minimum Gasteiger partial charge on any atom is -0.495 e. The molecule has 1 amide bonds. The number of ether oxygens (including phenoxy) is 1. The Bertz CT molecular complexity index is 1180. The molecule has 4 aromatic rings. The van der Waals surface area contributed by atoms with Gasteiger partial charge in [0.05, 0.1) is 19.0 Å². The summed E-state index contributed by atoms with van der Waals surface area (Å²) in [6, 6.07) is 13.4. The van der Waals surface area contributed by atoms with Crippen LogP contribution in [-0.2, 0) is 4.79 Å². The van der Waals surface area contributed by atoms with Crippen molar-refractivity contribution in [2.75, 3.05) is 12.4 Å². The maximum atomic E-state index is 12.3. The molecule has 0 saturated carbocycles. The molecule has 0 bridgehead atoms. The zero-order valence-electron chi connectivity index (χ0n) is 14.9. The van der Waals surface area contributed by atoms with Crippen molar-refractivity contribution in [1.29, 1.82) is 0 Å². The topological polar surface area (TPSA) is 81.4 Å². The van der Waals surface area contributed by atoms with E-state index < -0.39 is 0 Å². The van der Waals surface area contributed by atoms with Crippen LogP contribution in [0.25, 0.3) is 22.5 Å². The number of methoxy groups -OCH3 is 1. The van der Waals surface area contributed by atoms with Crippen LogP contribution >= 0.6 is 0 Å². The lowest BCUT2D eigenvalue weighted by Gasteiger charge is -2.09. The van der Waals surface area contributed by atoms with Crippen molar-refractivity contribution in [3.8, 4) is 5.75 Å². The third kappa shape index (κ3) is 3.22. The highest BCUT2D eigenvalue weighted by Crippen LogP contribution is 2.25. The van der Waals surface area contributed by atoms with Crippen LogP contribution in [0.5, 0.6) is 5.75 Å². The molecule has 7 heteroatoms. The predicted molar refractivity (Wildman–Crippen MR) is 104 cm³/mol. The second kappa shape index (κ2) is 6.87. The molecule has 0 aliphatic carbocycles. The number of anilines is 1. The van der Waals surface area contributed by atoms with Crippen molar-refractivity contribution in [2.45, 2.75) is 6.92 Å². The van der Waals surface area contributed by atoms with E-state index in [0.717, 1.165) is 16.3 Å². The summed E-state index contributed by atoms with van der Waals surface area (Å²) in [5.41, 5.74) is 2.28. The van der Waals surface area contributed by atoms with Gasteiger partial charge in [-0.05, 0) is 30.7 Å². The molecule has 134 valence electrons. The third-order valence-electron chi connectivity index (χ3n) is 4.18. The minimum absolute atomic E-state index is 0.295. The number of hydrogen-bond donors (Lipinski definition) is 1. The first-order valence-corrected chi connectivity index (χ1v) is 8.38. The first kappa shape index (κ1) is 16.7. The fraction of sp³-hybridized carbons (Fsp3) is 0.100. The highest BCUT2D eigenvalue weighted by molar-refractivity contribution is 6.02.